The molecule has 0 atom stereocenters. The molecule has 4 heteroatoms. The maximum Gasteiger partial charge on any atom is 0.317 e. The summed E-state index contributed by atoms with van der Waals surface area (Å²) in [7, 11) is 1.76. The van der Waals surface area contributed by atoms with E-state index in [1.807, 2.05) is 31.2 Å². The highest BCUT2D eigenvalue weighted by Gasteiger charge is 2.09. The highest BCUT2D eigenvalue weighted by Crippen LogP contribution is 2.09. The van der Waals surface area contributed by atoms with Gasteiger partial charge in [-0.2, -0.15) is 0 Å². The van der Waals surface area contributed by atoms with Gasteiger partial charge in [-0.15, -0.1) is 0 Å². The third kappa shape index (κ3) is 4.31. The third-order valence-corrected chi connectivity index (χ3v) is 3.37. The molecule has 0 aromatic heterocycles. The van der Waals surface area contributed by atoms with E-state index in [4.69, 9.17) is 0 Å². The van der Waals surface area contributed by atoms with Crippen molar-refractivity contribution < 1.29 is 9.18 Å². The first kappa shape index (κ1) is 15.0. The SMILES string of the molecule is Cc1ccccc1CN(C)C(=O)NCc1ccc(F)cc1. The van der Waals surface area contributed by atoms with Crippen LogP contribution in [0.1, 0.15) is 16.7 Å². The zero-order valence-corrected chi connectivity index (χ0v) is 12.3. The summed E-state index contributed by atoms with van der Waals surface area (Å²) < 4.78 is 12.8. The topological polar surface area (TPSA) is 32.3 Å². The molecule has 2 rings (SSSR count). The van der Waals surface area contributed by atoms with Crippen LogP contribution in [0.5, 0.6) is 0 Å². The maximum atomic E-state index is 12.8. The Bertz CT molecular complexity index is 610. The number of amides is 2. The van der Waals surface area contributed by atoms with Crippen molar-refractivity contribution in [2.75, 3.05) is 7.05 Å². The number of aryl methyl sites for hydroxylation is 1. The first-order valence-electron chi connectivity index (χ1n) is 6.84. The van der Waals surface area contributed by atoms with Crippen molar-refractivity contribution >= 4 is 6.03 Å². The molecule has 0 aliphatic rings. The molecule has 0 unspecified atom stereocenters. The van der Waals surface area contributed by atoms with Gasteiger partial charge in [-0.05, 0) is 35.7 Å². The summed E-state index contributed by atoms with van der Waals surface area (Å²) in [5, 5.41) is 2.82. The molecule has 3 nitrogen and oxygen atoms in total. The molecule has 21 heavy (non-hydrogen) atoms. The number of nitrogens with zero attached hydrogens (tertiary/aromatic N) is 1. The van der Waals surface area contributed by atoms with Gasteiger partial charge < -0.3 is 10.2 Å². The standard InChI is InChI=1S/C17H19FN2O/c1-13-5-3-4-6-15(13)12-20(2)17(21)19-11-14-7-9-16(18)10-8-14/h3-10H,11-12H2,1-2H3,(H,19,21). The number of rotatable bonds is 4. The van der Waals surface area contributed by atoms with Gasteiger partial charge in [0.2, 0.25) is 0 Å². The van der Waals surface area contributed by atoms with Crippen LogP contribution < -0.4 is 5.32 Å². The van der Waals surface area contributed by atoms with Gasteiger partial charge in [0.25, 0.3) is 0 Å². The number of carbonyl (C=O) groups is 1. The molecular weight excluding hydrogens is 267 g/mol. The molecule has 0 spiro atoms. The second kappa shape index (κ2) is 6.88. The van der Waals surface area contributed by atoms with Crippen LogP contribution >= 0.6 is 0 Å². The summed E-state index contributed by atoms with van der Waals surface area (Å²) in [6, 6.07) is 13.9. The Morgan fingerprint density at radius 3 is 2.48 bits per heavy atom. The molecule has 1 N–H and O–H groups in total. The molecule has 0 bridgehead atoms. The van der Waals surface area contributed by atoms with Gasteiger partial charge in [-0.3, -0.25) is 0 Å². The summed E-state index contributed by atoms with van der Waals surface area (Å²) in [5.41, 5.74) is 3.15. The number of nitrogens with one attached hydrogen (secondary N) is 1. The summed E-state index contributed by atoms with van der Waals surface area (Å²) >= 11 is 0. The second-order valence-electron chi connectivity index (χ2n) is 5.07. The van der Waals surface area contributed by atoms with Gasteiger partial charge in [0.05, 0.1) is 0 Å². The predicted molar refractivity (Wildman–Crippen MR) is 81.3 cm³/mol. The van der Waals surface area contributed by atoms with Gasteiger partial charge in [0.15, 0.2) is 0 Å². The van der Waals surface area contributed by atoms with Gasteiger partial charge in [-0.25, -0.2) is 9.18 Å². The van der Waals surface area contributed by atoms with E-state index < -0.39 is 0 Å². The summed E-state index contributed by atoms with van der Waals surface area (Å²) in [6.45, 7) is 2.97. The molecular formula is C17H19FN2O. The van der Waals surface area contributed by atoms with E-state index in [0.29, 0.717) is 13.1 Å². The Balaban J connectivity index is 1.88. The lowest BCUT2D eigenvalue weighted by atomic mass is 10.1. The molecule has 0 heterocycles. The predicted octanol–water partition coefficient (Wildman–Crippen LogP) is 3.48. The van der Waals surface area contributed by atoms with Crippen LogP contribution in [0.15, 0.2) is 48.5 Å². The van der Waals surface area contributed by atoms with Crippen LogP contribution in [0, 0.1) is 12.7 Å². The number of hydrogen-bond donors (Lipinski definition) is 1. The Morgan fingerprint density at radius 1 is 1.14 bits per heavy atom. The van der Waals surface area contributed by atoms with Crippen molar-refractivity contribution in [3.05, 3.63) is 71.0 Å². The van der Waals surface area contributed by atoms with Crippen LogP contribution in [0.4, 0.5) is 9.18 Å². The van der Waals surface area contributed by atoms with Crippen molar-refractivity contribution in [2.24, 2.45) is 0 Å². The normalized spacial score (nSPS) is 10.2. The first-order valence-corrected chi connectivity index (χ1v) is 6.84. The van der Waals surface area contributed by atoms with Crippen LogP contribution in [0.25, 0.3) is 0 Å². The van der Waals surface area contributed by atoms with E-state index in [2.05, 4.69) is 5.32 Å². The van der Waals surface area contributed by atoms with Crippen LogP contribution in [-0.4, -0.2) is 18.0 Å². The molecule has 110 valence electrons. The number of halogens is 1. The Morgan fingerprint density at radius 2 is 1.81 bits per heavy atom. The maximum absolute atomic E-state index is 12.8. The minimum absolute atomic E-state index is 0.150. The minimum atomic E-state index is -0.276. The van der Waals surface area contributed by atoms with Crippen LogP contribution in [0.3, 0.4) is 0 Å². The van der Waals surface area contributed by atoms with E-state index in [0.717, 1.165) is 16.7 Å². The average Bonchev–Trinajstić information content (AvgIpc) is 2.48. The van der Waals surface area contributed by atoms with Crippen molar-refractivity contribution in [2.45, 2.75) is 20.0 Å². The summed E-state index contributed by atoms with van der Waals surface area (Å²) in [5.74, 6) is -0.276. The fraction of sp³-hybridized carbons (Fsp3) is 0.235. The summed E-state index contributed by atoms with van der Waals surface area (Å²) in [4.78, 5) is 13.7. The largest absolute Gasteiger partial charge is 0.334 e. The number of carbonyl (C=O) groups excluding carboxylic acids is 1. The minimum Gasteiger partial charge on any atom is -0.334 e. The molecule has 2 aromatic carbocycles. The van der Waals surface area contributed by atoms with Gasteiger partial charge >= 0.3 is 6.03 Å². The van der Waals surface area contributed by atoms with Gasteiger partial charge in [-0.1, -0.05) is 36.4 Å². The lowest BCUT2D eigenvalue weighted by Crippen LogP contribution is -2.36. The molecule has 0 saturated heterocycles. The number of benzene rings is 2. The Labute approximate surface area is 124 Å². The average molecular weight is 286 g/mol. The second-order valence-corrected chi connectivity index (χ2v) is 5.07. The Kier molecular flexibility index (Phi) is 4.93. The Hall–Kier alpha value is -2.36. The molecule has 0 saturated carbocycles. The third-order valence-electron chi connectivity index (χ3n) is 3.37. The molecule has 2 amide bonds. The lowest BCUT2D eigenvalue weighted by Gasteiger charge is -2.19. The zero-order chi connectivity index (χ0) is 15.2. The molecule has 0 radical (unpaired) electrons. The fourth-order valence-electron chi connectivity index (χ4n) is 2.03. The lowest BCUT2D eigenvalue weighted by molar-refractivity contribution is 0.206. The van der Waals surface area contributed by atoms with Crippen molar-refractivity contribution in [1.29, 1.82) is 0 Å². The molecule has 2 aromatic rings. The van der Waals surface area contributed by atoms with Gasteiger partial charge in [0, 0.05) is 20.1 Å². The van der Waals surface area contributed by atoms with E-state index >= 15 is 0 Å². The van der Waals surface area contributed by atoms with Crippen molar-refractivity contribution in [3.8, 4) is 0 Å². The molecule has 0 fully saturated rings. The van der Waals surface area contributed by atoms with Crippen molar-refractivity contribution in [1.82, 2.24) is 10.2 Å². The van der Waals surface area contributed by atoms with E-state index in [1.165, 1.54) is 12.1 Å². The van der Waals surface area contributed by atoms with Crippen LogP contribution in [0.2, 0.25) is 0 Å². The number of urea groups is 1. The van der Waals surface area contributed by atoms with E-state index in [-0.39, 0.29) is 11.8 Å². The molecule has 0 aliphatic heterocycles. The van der Waals surface area contributed by atoms with Crippen molar-refractivity contribution in [3.63, 3.8) is 0 Å². The smallest absolute Gasteiger partial charge is 0.317 e. The van der Waals surface area contributed by atoms with E-state index in [1.54, 1.807) is 24.1 Å². The zero-order valence-electron chi connectivity index (χ0n) is 12.3. The van der Waals surface area contributed by atoms with E-state index in [9.17, 15) is 9.18 Å². The van der Waals surface area contributed by atoms with Crippen LogP contribution in [-0.2, 0) is 13.1 Å². The number of hydrogen-bond acceptors (Lipinski definition) is 1. The highest BCUT2D eigenvalue weighted by molar-refractivity contribution is 5.73. The summed E-state index contributed by atoms with van der Waals surface area (Å²) in [6.07, 6.45) is 0. The first-order chi connectivity index (χ1) is 10.1. The quantitative estimate of drug-likeness (QED) is 0.917. The highest BCUT2D eigenvalue weighted by atomic mass is 19.1. The van der Waals surface area contributed by atoms with Gasteiger partial charge in [0.1, 0.15) is 5.82 Å². The fourth-order valence-corrected chi connectivity index (χ4v) is 2.03. The monoisotopic (exact) mass is 286 g/mol. The molecule has 0 aliphatic carbocycles.